The van der Waals surface area contributed by atoms with Gasteiger partial charge in [-0.25, -0.2) is 11.3 Å². The van der Waals surface area contributed by atoms with Gasteiger partial charge in [0.25, 0.3) is 18.3 Å². The zero-order valence-corrected chi connectivity index (χ0v) is 28.6. The molecule has 2 fully saturated rings. The molecule has 2 saturated heterocycles. The van der Waals surface area contributed by atoms with Crippen molar-refractivity contribution in [2.45, 2.75) is 0 Å². The summed E-state index contributed by atoms with van der Waals surface area (Å²) in [5.74, 6) is 5.05. The Kier molecular flexibility index (Phi) is 30.0. The third-order valence-electron chi connectivity index (χ3n) is 2.44. The normalized spacial score (nSPS) is 16.1. The van der Waals surface area contributed by atoms with Gasteiger partial charge in [-0.2, -0.15) is 0 Å². The predicted octanol–water partition coefficient (Wildman–Crippen LogP) is -8.98. The van der Waals surface area contributed by atoms with E-state index in [2.05, 4.69) is 26.2 Å². The number of hydrazine groups is 2. The van der Waals surface area contributed by atoms with E-state index in [1.807, 2.05) is 0 Å². The van der Waals surface area contributed by atoms with Crippen molar-refractivity contribution >= 4 is 34.2 Å². The first-order valence-electron chi connectivity index (χ1n) is 6.59. The van der Waals surface area contributed by atoms with Gasteiger partial charge in [0.15, 0.2) is 0 Å². The molecule has 2 heterocycles. The van der Waals surface area contributed by atoms with Crippen LogP contribution in [0.5, 0.6) is 0 Å². The number of nitrogens with two attached hydrogens (primary N) is 1. The van der Waals surface area contributed by atoms with E-state index in [0.717, 1.165) is 11.9 Å². The van der Waals surface area contributed by atoms with E-state index < -0.39 is 0 Å². The summed E-state index contributed by atoms with van der Waals surface area (Å²) in [6.45, 7) is 3.27. The number of hydrogen-bond donors (Lipinski definition) is 2. The molecule has 3 N–H and O–H groups in total. The van der Waals surface area contributed by atoms with Gasteiger partial charge in [0.2, 0.25) is 0 Å². The Bertz CT molecular complexity index is 377. The van der Waals surface area contributed by atoms with Crippen LogP contribution in [-0.4, -0.2) is 79.7 Å². The first kappa shape index (κ1) is 32.5. The Morgan fingerprint density at radius 3 is 2.12 bits per heavy atom. The van der Waals surface area contributed by atoms with Crippen LogP contribution in [0.2, 0.25) is 0 Å². The van der Waals surface area contributed by atoms with Crippen molar-refractivity contribution < 1.29 is 173 Å². The predicted molar refractivity (Wildman–Crippen MR) is 79.3 cm³/mol. The Hall–Kier alpha value is 2.79. The smallest absolute Gasteiger partial charge is 1.00 e. The standard InChI is InChI=1S/C6H11BrN2O2.C4H8N2O2.CH2O3.2Cs.H/c7-1-2-8-9-3-4-11-5-6(9)10;5-6-1-2-8-3-4(6)7;2-1-4-3;;;/h8H,1-5H2;1-3,5H2;1,3H;;;/q;;;2*+1;-1/p-1. The number of rotatable bonds is 4. The zero-order valence-electron chi connectivity index (χ0n) is 15.4. The van der Waals surface area contributed by atoms with Gasteiger partial charge in [0, 0.05) is 11.9 Å². The molecule has 136 valence electrons. The Balaban J connectivity index is -0.000000145. The maximum Gasteiger partial charge on any atom is 1.00 e. The number of ether oxygens (including phenoxy) is 2. The molecule has 14 heteroatoms. The molecule has 0 aliphatic carbocycles. The molecule has 25 heavy (non-hydrogen) atoms. The molecular weight excluding hydrogens is 646 g/mol. The topological polar surface area (TPSA) is 146 Å². The van der Waals surface area contributed by atoms with E-state index in [-0.39, 0.29) is 171 Å². The number of nitrogens with zero attached hydrogens (tertiary/aromatic N) is 2. The van der Waals surface area contributed by atoms with Gasteiger partial charge < -0.3 is 21.0 Å². The maximum atomic E-state index is 11.0. The molecular formula is C11H21BrCs2N4O7. The van der Waals surface area contributed by atoms with E-state index in [1.165, 1.54) is 5.01 Å². The average Bonchev–Trinajstić information content (AvgIpc) is 2.58. The molecule has 2 aliphatic rings. The van der Waals surface area contributed by atoms with Gasteiger partial charge in [-0.3, -0.25) is 24.4 Å². The van der Waals surface area contributed by atoms with Crippen LogP contribution < -0.4 is 154 Å². The molecule has 0 atom stereocenters. The molecule has 0 aromatic carbocycles. The van der Waals surface area contributed by atoms with Crippen LogP contribution in [0, 0.1) is 0 Å². The minimum absolute atomic E-state index is 0. The second kappa shape index (κ2) is 23.1. The molecule has 0 spiro atoms. The molecule has 0 radical (unpaired) electrons. The van der Waals surface area contributed by atoms with Crippen molar-refractivity contribution in [2.24, 2.45) is 5.84 Å². The summed E-state index contributed by atoms with van der Waals surface area (Å²) in [4.78, 5) is 32.7. The molecule has 2 rings (SSSR count). The molecule has 2 aliphatic heterocycles. The van der Waals surface area contributed by atoms with Crippen LogP contribution in [0.25, 0.3) is 0 Å². The molecule has 0 bridgehead atoms. The first-order valence-corrected chi connectivity index (χ1v) is 7.71. The quantitative estimate of drug-likeness (QED) is 0.0746. The van der Waals surface area contributed by atoms with Crippen LogP contribution in [0.4, 0.5) is 0 Å². The number of morpholine rings is 2. The van der Waals surface area contributed by atoms with E-state index >= 15 is 0 Å². The fourth-order valence-corrected chi connectivity index (χ4v) is 1.57. The molecule has 0 unspecified atom stereocenters. The summed E-state index contributed by atoms with van der Waals surface area (Å²) in [6, 6.07) is 0. The van der Waals surface area contributed by atoms with E-state index in [1.54, 1.807) is 5.01 Å². The van der Waals surface area contributed by atoms with Gasteiger partial charge in [-0.15, -0.1) is 0 Å². The Morgan fingerprint density at radius 1 is 1.24 bits per heavy atom. The van der Waals surface area contributed by atoms with Crippen LogP contribution in [0.1, 0.15) is 1.43 Å². The minimum Gasteiger partial charge on any atom is -1.00 e. The van der Waals surface area contributed by atoms with E-state index in [0.29, 0.717) is 26.3 Å². The van der Waals surface area contributed by atoms with Crippen molar-refractivity contribution in [3.63, 3.8) is 0 Å². The number of amides is 2. The van der Waals surface area contributed by atoms with Gasteiger partial charge in [-0.1, -0.05) is 15.9 Å². The fourth-order valence-electron chi connectivity index (χ4n) is 1.39. The van der Waals surface area contributed by atoms with E-state index in [9.17, 15) is 9.59 Å². The van der Waals surface area contributed by atoms with Crippen LogP contribution in [-0.2, 0) is 28.7 Å². The summed E-state index contributed by atoms with van der Waals surface area (Å²) in [5, 5.41) is 12.0. The Morgan fingerprint density at radius 2 is 1.76 bits per heavy atom. The van der Waals surface area contributed by atoms with Gasteiger partial charge in [0.05, 0.1) is 26.3 Å². The number of carbonyl (C=O) groups is 3. The summed E-state index contributed by atoms with van der Waals surface area (Å²) in [7, 11) is 0. The van der Waals surface area contributed by atoms with Crippen molar-refractivity contribution in [3.8, 4) is 0 Å². The number of nitrogens with one attached hydrogen (secondary N) is 1. The first-order chi connectivity index (χ1) is 11.1. The van der Waals surface area contributed by atoms with Crippen LogP contribution in [0.15, 0.2) is 0 Å². The molecule has 0 saturated carbocycles. The summed E-state index contributed by atoms with van der Waals surface area (Å²) >= 11 is 3.26. The molecule has 0 aromatic heterocycles. The summed E-state index contributed by atoms with van der Waals surface area (Å²) in [6.07, 6.45) is 0. The number of carbonyl (C=O) groups excluding carboxylic acids is 3. The Labute approximate surface area is 273 Å². The molecule has 11 nitrogen and oxygen atoms in total. The third-order valence-corrected chi connectivity index (χ3v) is 2.84. The SMILES string of the molecule is NN1CCOCC1=O.O=C1COCCN1NCCBr.O=CO[O-].[Cs+].[Cs+].[H-]. The average molecular weight is 667 g/mol. The zero-order chi connectivity index (χ0) is 17.5. The van der Waals surface area contributed by atoms with Crippen molar-refractivity contribution in [3.05, 3.63) is 0 Å². The van der Waals surface area contributed by atoms with E-state index in [4.69, 9.17) is 25.4 Å². The number of halogens is 1. The van der Waals surface area contributed by atoms with Gasteiger partial charge >= 0.3 is 138 Å². The van der Waals surface area contributed by atoms with Crippen molar-refractivity contribution in [1.29, 1.82) is 0 Å². The van der Waals surface area contributed by atoms with Crippen LogP contribution >= 0.6 is 15.9 Å². The second-order valence-electron chi connectivity index (χ2n) is 4.03. The summed E-state index contributed by atoms with van der Waals surface area (Å²) in [5.41, 5.74) is 2.98. The van der Waals surface area contributed by atoms with Crippen molar-refractivity contribution in [1.82, 2.24) is 15.4 Å². The third kappa shape index (κ3) is 18.6. The van der Waals surface area contributed by atoms with Crippen LogP contribution in [0.3, 0.4) is 0 Å². The molecule has 2 amide bonds. The fraction of sp³-hybridized carbons (Fsp3) is 0.727. The summed E-state index contributed by atoms with van der Waals surface area (Å²) < 4.78 is 9.73. The van der Waals surface area contributed by atoms with Crippen molar-refractivity contribution in [2.75, 3.05) is 51.4 Å². The van der Waals surface area contributed by atoms with Gasteiger partial charge in [-0.05, 0) is 0 Å². The number of hydrogen-bond acceptors (Lipinski definition) is 9. The van der Waals surface area contributed by atoms with Gasteiger partial charge in [0.1, 0.15) is 13.2 Å². The maximum absolute atomic E-state index is 11.0. The largest absolute Gasteiger partial charge is 1.00 e. The number of alkyl halides is 1. The minimum atomic E-state index is -0.181. The second-order valence-corrected chi connectivity index (χ2v) is 4.82. The monoisotopic (exact) mass is 666 g/mol. The molecule has 0 aromatic rings.